The number of likely N-dealkylation sites (tertiary alicyclic amines) is 1. The van der Waals surface area contributed by atoms with Gasteiger partial charge in [0, 0.05) is 30.2 Å². The van der Waals surface area contributed by atoms with Crippen LogP contribution in [0.1, 0.15) is 25.3 Å². The maximum Gasteiger partial charge on any atom is 0.309 e. The molecule has 1 aromatic rings. The zero-order valence-corrected chi connectivity index (χ0v) is 17.1. The quantitative estimate of drug-likeness (QED) is 0.671. The Morgan fingerprint density at radius 2 is 1.78 bits per heavy atom. The zero-order valence-electron chi connectivity index (χ0n) is 15.5. The van der Waals surface area contributed by atoms with Crippen LogP contribution in [0.5, 0.6) is 0 Å². The van der Waals surface area contributed by atoms with Crippen LogP contribution in [-0.4, -0.2) is 60.9 Å². The molecule has 0 aromatic heterocycles. The van der Waals surface area contributed by atoms with Crippen LogP contribution in [0, 0.1) is 5.92 Å². The first-order valence-electron chi connectivity index (χ1n) is 8.94. The number of rotatable bonds is 6. The average Bonchev–Trinajstić information content (AvgIpc) is 2.65. The molecular formula is C19H24Cl2N2O4. The van der Waals surface area contributed by atoms with E-state index in [0.717, 1.165) is 0 Å². The zero-order chi connectivity index (χ0) is 20.0. The highest BCUT2D eigenvalue weighted by molar-refractivity contribution is 6.36. The summed E-state index contributed by atoms with van der Waals surface area (Å²) >= 11 is 12.2. The molecule has 0 N–H and O–H groups in total. The van der Waals surface area contributed by atoms with E-state index in [4.69, 9.17) is 27.9 Å². The van der Waals surface area contributed by atoms with Crippen LogP contribution in [0.4, 0.5) is 0 Å². The highest BCUT2D eigenvalue weighted by atomic mass is 35.5. The summed E-state index contributed by atoms with van der Waals surface area (Å²) in [6.45, 7) is 3.09. The van der Waals surface area contributed by atoms with Gasteiger partial charge in [-0.3, -0.25) is 14.4 Å². The molecule has 1 aromatic carbocycles. The largest absolute Gasteiger partial charge is 0.466 e. The smallest absolute Gasteiger partial charge is 0.309 e. The van der Waals surface area contributed by atoms with Crippen molar-refractivity contribution in [1.82, 2.24) is 9.80 Å². The number of hydrogen-bond acceptors (Lipinski definition) is 4. The van der Waals surface area contributed by atoms with Crippen molar-refractivity contribution in [2.24, 2.45) is 5.92 Å². The second-order valence-corrected chi connectivity index (χ2v) is 7.35. The number of piperidine rings is 1. The summed E-state index contributed by atoms with van der Waals surface area (Å²) in [6.07, 6.45) is 1.20. The predicted molar refractivity (Wildman–Crippen MR) is 104 cm³/mol. The molecule has 1 heterocycles. The Hall–Kier alpha value is -1.79. The number of carbonyl (C=O) groups is 3. The molecule has 0 bridgehead atoms. The molecule has 0 saturated carbocycles. The molecule has 1 saturated heterocycles. The number of halogens is 2. The Kier molecular flexibility index (Phi) is 7.92. The maximum absolute atomic E-state index is 12.5. The first-order chi connectivity index (χ1) is 12.8. The highest BCUT2D eigenvalue weighted by Gasteiger charge is 2.29. The lowest BCUT2D eigenvalue weighted by molar-refractivity contribution is -0.151. The fourth-order valence-corrected chi connectivity index (χ4v) is 3.53. The van der Waals surface area contributed by atoms with Gasteiger partial charge >= 0.3 is 5.97 Å². The van der Waals surface area contributed by atoms with E-state index < -0.39 is 0 Å². The number of esters is 1. The highest BCUT2D eigenvalue weighted by Crippen LogP contribution is 2.25. The van der Waals surface area contributed by atoms with Crippen molar-refractivity contribution in [2.45, 2.75) is 26.2 Å². The minimum Gasteiger partial charge on any atom is -0.466 e. The summed E-state index contributed by atoms with van der Waals surface area (Å²) in [5, 5.41) is 0.855. The van der Waals surface area contributed by atoms with Gasteiger partial charge in [0.25, 0.3) is 0 Å². The van der Waals surface area contributed by atoms with Crippen LogP contribution in [0.25, 0.3) is 0 Å². The van der Waals surface area contributed by atoms with E-state index in [1.54, 1.807) is 37.1 Å². The van der Waals surface area contributed by atoms with Gasteiger partial charge in [0.15, 0.2) is 0 Å². The molecule has 1 fully saturated rings. The third-order valence-corrected chi connectivity index (χ3v) is 5.36. The molecule has 0 aliphatic carbocycles. The molecule has 0 spiro atoms. The van der Waals surface area contributed by atoms with Gasteiger partial charge in [-0.2, -0.15) is 0 Å². The molecular weight excluding hydrogens is 391 g/mol. The van der Waals surface area contributed by atoms with Gasteiger partial charge < -0.3 is 14.5 Å². The number of ether oxygens (including phenoxy) is 1. The Labute approximate surface area is 169 Å². The molecule has 148 valence electrons. The number of benzene rings is 1. The number of carbonyl (C=O) groups excluding carboxylic acids is 3. The minimum absolute atomic E-state index is 0.0228. The predicted octanol–water partition coefficient (Wildman–Crippen LogP) is 2.80. The van der Waals surface area contributed by atoms with E-state index in [1.807, 2.05) is 0 Å². The van der Waals surface area contributed by atoms with Crippen molar-refractivity contribution in [1.29, 1.82) is 0 Å². The lowest BCUT2D eigenvalue weighted by atomic mass is 9.97. The summed E-state index contributed by atoms with van der Waals surface area (Å²) < 4.78 is 5.03. The van der Waals surface area contributed by atoms with Crippen LogP contribution < -0.4 is 0 Å². The molecule has 27 heavy (non-hydrogen) atoms. The number of likely N-dealkylation sites (N-methyl/N-ethyl adjacent to an activating group) is 1. The molecule has 0 atom stereocenters. The van der Waals surface area contributed by atoms with E-state index in [9.17, 15) is 14.4 Å². The van der Waals surface area contributed by atoms with E-state index in [2.05, 4.69) is 0 Å². The summed E-state index contributed by atoms with van der Waals surface area (Å²) in [6, 6.07) is 5.07. The molecule has 6 nitrogen and oxygen atoms in total. The second kappa shape index (κ2) is 9.95. The Bertz CT molecular complexity index is 683. The summed E-state index contributed by atoms with van der Waals surface area (Å²) in [5.74, 6) is -0.734. The van der Waals surface area contributed by atoms with Gasteiger partial charge in [0.1, 0.15) is 0 Å². The fourth-order valence-electron chi connectivity index (χ4n) is 3.00. The van der Waals surface area contributed by atoms with Gasteiger partial charge in [0.2, 0.25) is 11.8 Å². The number of hydrogen-bond donors (Lipinski definition) is 0. The topological polar surface area (TPSA) is 66.9 Å². The molecule has 0 unspecified atom stereocenters. The lowest BCUT2D eigenvalue weighted by Gasteiger charge is -2.32. The molecule has 0 radical (unpaired) electrons. The average molecular weight is 415 g/mol. The molecule has 1 aliphatic heterocycles. The SMILES string of the molecule is CCOC(=O)C1CCN(C(=O)CN(C)C(=O)Cc2c(Cl)cccc2Cl)CC1. The monoisotopic (exact) mass is 414 g/mol. The van der Waals surface area contributed by atoms with Gasteiger partial charge in [-0.25, -0.2) is 0 Å². The van der Waals surface area contributed by atoms with Crippen LogP contribution in [0.15, 0.2) is 18.2 Å². The number of nitrogens with zero attached hydrogens (tertiary/aromatic N) is 2. The molecule has 1 aliphatic rings. The van der Waals surface area contributed by atoms with Crippen molar-refractivity contribution in [3.05, 3.63) is 33.8 Å². The van der Waals surface area contributed by atoms with Crippen LogP contribution >= 0.6 is 23.2 Å². The van der Waals surface area contributed by atoms with Crippen LogP contribution in [0.3, 0.4) is 0 Å². The standard InChI is InChI=1S/C19H24Cl2N2O4/c1-3-27-19(26)13-7-9-23(10-8-13)18(25)12-22(2)17(24)11-14-15(20)5-4-6-16(14)21/h4-6,13H,3,7-12H2,1-2H3. The molecule has 2 amide bonds. The van der Waals surface area contributed by atoms with Gasteiger partial charge in [-0.15, -0.1) is 0 Å². The van der Waals surface area contributed by atoms with Crippen molar-refractivity contribution in [3.63, 3.8) is 0 Å². The van der Waals surface area contributed by atoms with Crippen LogP contribution in [0.2, 0.25) is 10.0 Å². The van der Waals surface area contributed by atoms with E-state index in [1.165, 1.54) is 4.90 Å². The molecule has 8 heteroatoms. The number of amides is 2. The Morgan fingerprint density at radius 3 is 2.33 bits per heavy atom. The van der Waals surface area contributed by atoms with Crippen LogP contribution in [-0.2, 0) is 25.5 Å². The summed E-state index contributed by atoms with van der Waals surface area (Å²) in [5.41, 5.74) is 0.556. The van der Waals surface area contributed by atoms with Gasteiger partial charge in [-0.05, 0) is 37.5 Å². The molecule has 2 rings (SSSR count). The van der Waals surface area contributed by atoms with Gasteiger partial charge in [0.05, 0.1) is 25.5 Å². The van der Waals surface area contributed by atoms with E-state index in [-0.39, 0.29) is 36.7 Å². The third kappa shape index (κ3) is 5.84. The first-order valence-corrected chi connectivity index (χ1v) is 9.70. The lowest BCUT2D eigenvalue weighted by Crippen LogP contribution is -2.46. The Balaban J connectivity index is 1.85. The van der Waals surface area contributed by atoms with Gasteiger partial charge in [-0.1, -0.05) is 29.3 Å². The summed E-state index contributed by atoms with van der Waals surface area (Å²) in [4.78, 5) is 39.7. The van der Waals surface area contributed by atoms with Crippen molar-refractivity contribution >= 4 is 41.0 Å². The third-order valence-electron chi connectivity index (χ3n) is 4.66. The fraction of sp³-hybridized carbons (Fsp3) is 0.526. The van der Waals surface area contributed by atoms with Crippen molar-refractivity contribution in [3.8, 4) is 0 Å². The first kappa shape index (κ1) is 21.5. The Morgan fingerprint density at radius 1 is 1.19 bits per heavy atom. The van der Waals surface area contributed by atoms with E-state index in [0.29, 0.717) is 48.1 Å². The van der Waals surface area contributed by atoms with Crippen molar-refractivity contribution in [2.75, 3.05) is 33.3 Å². The van der Waals surface area contributed by atoms with Crippen molar-refractivity contribution < 1.29 is 19.1 Å². The maximum atomic E-state index is 12.5. The minimum atomic E-state index is -0.236. The normalized spacial score (nSPS) is 14.7. The second-order valence-electron chi connectivity index (χ2n) is 6.53. The van der Waals surface area contributed by atoms with E-state index >= 15 is 0 Å². The summed E-state index contributed by atoms with van der Waals surface area (Å²) in [7, 11) is 1.58.